The van der Waals surface area contributed by atoms with E-state index in [4.69, 9.17) is 10.5 Å². The number of hydrogen-bond acceptors (Lipinski definition) is 6. The van der Waals surface area contributed by atoms with Crippen LogP contribution in [0, 0.1) is 5.92 Å². The van der Waals surface area contributed by atoms with E-state index < -0.39 is 36.0 Å². The summed E-state index contributed by atoms with van der Waals surface area (Å²) in [6.07, 6.45) is -0.559. The number of hydrogen-bond donors (Lipinski definition) is 3. The fraction of sp³-hybridized carbons (Fsp3) is 0.348. The van der Waals surface area contributed by atoms with Gasteiger partial charge in [-0.2, -0.15) is 0 Å². The number of nitrogens with two attached hydrogens (primary N) is 1. The first kappa shape index (κ1) is 23.9. The van der Waals surface area contributed by atoms with E-state index in [1.165, 1.54) is 12.1 Å². The maximum absolute atomic E-state index is 13.1. The molecule has 2 amide bonds. The summed E-state index contributed by atoms with van der Waals surface area (Å²) in [4.78, 5) is 38.6. The van der Waals surface area contributed by atoms with Crippen LogP contribution in [0.4, 0.5) is 4.79 Å². The predicted molar refractivity (Wildman–Crippen MR) is 114 cm³/mol. The summed E-state index contributed by atoms with van der Waals surface area (Å²) in [5.41, 5.74) is 7.42. The standard InChI is InChI=1S/C23H28N2O6/c1-3-15(2)20(22(28)29)25(23(30)31-14-17-7-5-4-6-8-17)21(27)19(24)13-16-9-11-18(26)12-10-16/h4-12,15,19-20,26H,3,13-14,24H2,1-2H3,(H,28,29). The number of imide groups is 1. The number of carbonyl (C=O) groups excluding carboxylic acids is 2. The summed E-state index contributed by atoms with van der Waals surface area (Å²) < 4.78 is 5.27. The van der Waals surface area contributed by atoms with Crippen molar-refractivity contribution in [3.63, 3.8) is 0 Å². The van der Waals surface area contributed by atoms with E-state index in [0.717, 1.165) is 0 Å². The van der Waals surface area contributed by atoms with E-state index >= 15 is 0 Å². The van der Waals surface area contributed by atoms with Crippen LogP contribution >= 0.6 is 0 Å². The molecule has 0 heterocycles. The fourth-order valence-electron chi connectivity index (χ4n) is 3.11. The van der Waals surface area contributed by atoms with E-state index in [0.29, 0.717) is 22.4 Å². The molecule has 0 radical (unpaired) electrons. The molecule has 0 aliphatic carbocycles. The minimum absolute atomic E-state index is 0.0639. The predicted octanol–water partition coefficient (Wildman–Crippen LogP) is 2.93. The molecule has 2 aromatic carbocycles. The van der Waals surface area contributed by atoms with Gasteiger partial charge in [-0.15, -0.1) is 0 Å². The zero-order valence-electron chi connectivity index (χ0n) is 17.6. The molecule has 0 aliphatic heterocycles. The molecule has 2 rings (SSSR count). The van der Waals surface area contributed by atoms with Crippen LogP contribution in [0.5, 0.6) is 5.75 Å². The van der Waals surface area contributed by atoms with Crippen molar-refractivity contribution in [2.45, 2.75) is 45.4 Å². The lowest BCUT2D eigenvalue weighted by Gasteiger charge is -2.31. The second kappa shape index (κ2) is 11.1. The highest BCUT2D eigenvalue weighted by Crippen LogP contribution is 2.20. The molecule has 3 unspecified atom stereocenters. The number of aliphatic carboxylic acids is 1. The molecule has 0 bridgehead atoms. The summed E-state index contributed by atoms with van der Waals surface area (Å²) in [6.45, 7) is 3.31. The van der Waals surface area contributed by atoms with Crippen molar-refractivity contribution in [1.82, 2.24) is 4.90 Å². The van der Waals surface area contributed by atoms with Crippen LogP contribution in [0.15, 0.2) is 54.6 Å². The number of rotatable bonds is 9. The van der Waals surface area contributed by atoms with Crippen molar-refractivity contribution in [1.29, 1.82) is 0 Å². The number of carboxylic acids is 1. The SMILES string of the molecule is CCC(C)C(C(=O)O)N(C(=O)OCc1ccccc1)C(=O)C(N)Cc1ccc(O)cc1. The zero-order chi connectivity index (χ0) is 23.0. The molecule has 0 saturated carbocycles. The van der Waals surface area contributed by atoms with Crippen LogP contribution in [0.3, 0.4) is 0 Å². The van der Waals surface area contributed by atoms with Gasteiger partial charge in [0.25, 0.3) is 0 Å². The number of carboxylic acid groups (broad SMARTS) is 1. The number of phenolic OH excluding ortho intramolecular Hbond substituents is 1. The van der Waals surface area contributed by atoms with E-state index in [9.17, 15) is 24.6 Å². The normalized spacial score (nSPS) is 13.6. The van der Waals surface area contributed by atoms with Gasteiger partial charge < -0.3 is 20.7 Å². The van der Waals surface area contributed by atoms with E-state index in [1.54, 1.807) is 50.2 Å². The first-order valence-electron chi connectivity index (χ1n) is 10.0. The zero-order valence-corrected chi connectivity index (χ0v) is 17.6. The van der Waals surface area contributed by atoms with Gasteiger partial charge in [-0.3, -0.25) is 4.79 Å². The van der Waals surface area contributed by atoms with Gasteiger partial charge in [0.05, 0.1) is 6.04 Å². The molecule has 0 aliphatic rings. The van der Waals surface area contributed by atoms with Crippen molar-refractivity contribution >= 4 is 18.0 Å². The number of aromatic hydroxyl groups is 1. The smallest absolute Gasteiger partial charge is 0.417 e. The van der Waals surface area contributed by atoms with E-state index in [2.05, 4.69) is 0 Å². The van der Waals surface area contributed by atoms with Gasteiger partial charge >= 0.3 is 12.1 Å². The van der Waals surface area contributed by atoms with Gasteiger partial charge in [-0.25, -0.2) is 14.5 Å². The summed E-state index contributed by atoms with van der Waals surface area (Å²) >= 11 is 0. The lowest BCUT2D eigenvalue weighted by atomic mass is 9.96. The number of amides is 2. The summed E-state index contributed by atoms with van der Waals surface area (Å²) in [5.74, 6) is -2.58. The highest BCUT2D eigenvalue weighted by molar-refractivity contribution is 5.99. The Morgan fingerprint density at radius 1 is 1.03 bits per heavy atom. The molecule has 2 aromatic rings. The Morgan fingerprint density at radius 2 is 1.65 bits per heavy atom. The second-order valence-corrected chi connectivity index (χ2v) is 7.39. The molecule has 166 valence electrons. The number of nitrogens with zero attached hydrogens (tertiary/aromatic N) is 1. The van der Waals surface area contributed by atoms with Gasteiger partial charge in [0.1, 0.15) is 18.4 Å². The van der Waals surface area contributed by atoms with Crippen LogP contribution in [-0.2, 0) is 27.4 Å². The summed E-state index contributed by atoms with van der Waals surface area (Å²) in [7, 11) is 0. The third-order valence-corrected chi connectivity index (χ3v) is 5.06. The van der Waals surface area contributed by atoms with E-state index in [1.807, 2.05) is 6.07 Å². The second-order valence-electron chi connectivity index (χ2n) is 7.39. The first-order chi connectivity index (χ1) is 14.7. The fourth-order valence-corrected chi connectivity index (χ4v) is 3.11. The lowest BCUT2D eigenvalue weighted by molar-refractivity contribution is -0.151. The first-order valence-corrected chi connectivity index (χ1v) is 10.0. The van der Waals surface area contributed by atoms with Gasteiger partial charge in [-0.1, -0.05) is 62.7 Å². The maximum Gasteiger partial charge on any atom is 0.417 e. The molecule has 0 spiro atoms. The third-order valence-electron chi connectivity index (χ3n) is 5.06. The monoisotopic (exact) mass is 428 g/mol. The van der Waals surface area contributed by atoms with Crippen molar-refractivity contribution in [2.75, 3.05) is 0 Å². The lowest BCUT2D eigenvalue weighted by Crippen LogP contribution is -2.56. The largest absolute Gasteiger partial charge is 0.508 e. The summed E-state index contributed by atoms with van der Waals surface area (Å²) in [5, 5.41) is 19.2. The number of phenols is 1. The Kier molecular flexibility index (Phi) is 8.57. The minimum atomic E-state index is -1.41. The third kappa shape index (κ3) is 6.55. The molecule has 0 saturated heterocycles. The average Bonchev–Trinajstić information content (AvgIpc) is 2.76. The molecule has 0 fully saturated rings. The quantitative estimate of drug-likeness (QED) is 0.560. The maximum atomic E-state index is 13.1. The van der Waals surface area contributed by atoms with E-state index in [-0.39, 0.29) is 18.8 Å². The highest BCUT2D eigenvalue weighted by Gasteiger charge is 2.41. The van der Waals surface area contributed by atoms with Crippen LogP contribution < -0.4 is 5.73 Å². The van der Waals surface area contributed by atoms with Crippen LogP contribution in [0.25, 0.3) is 0 Å². The number of carbonyl (C=O) groups is 3. The molecule has 4 N–H and O–H groups in total. The van der Waals surface area contributed by atoms with Crippen LogP contribution in [0.2, 0.25) is 0 Å². The molecule has 31 heavy (non-hydrogen) atoms. The molecular formula is C23H28N2O6. The topological polar surface area (TPSA) is 130 Å². The molecule has 3 atom stereocenters. The minimum Gasteiger partial charge on any atom is -0.508 e. The van der Waals surface area contributed by atoms with Gasteiger partial charge in [0.2, 0.25) is 5.91 Å². The highest BCUT2D eigenvalue weighted by atomic mass is 16.6. The van der Waals surface area contributed by atoms with Crippen LogP contribution in [0.1, 0.15) is 31.4 Å². The molecule has 0 aromatic heterocycles. The Bertz CT molecular complexity index is 885. The Labute approximate surface area is 181 Å². The molecule has 8 heteroatoms. The average molecular weight is 428 g/mol. The van der Waals surface area contributed by atoms with Crippen molar-refractivity contribution in [2.24, 2.45) is 11.7 Å². The number of ether oxygens (including phenoxy) is 1. The van der Waals surface area contributed by atoms with Crippen molar-refractivity contribution < 1.29 is 29.3 Å². The van der Waals surface area contributed by atoms with Crippen molar-refractivity contribution in [3.8, 4) is 5.75 Å². The van der Waals surface area contributed by atoms with Crippen molar-refractivity contribution in [3.05, 3.63) is 65.7 Å². The Hall–Kier alpha value is -3.39. The van der Waals surface area contributed by atoms with Gasteiger partial charge in [-0.05, 0) is 35.6 Å². The summed E-state index contributed by atoms with van der Waals surface area (Å²) in [6, 6.07) is 12.4. The Morgan fingerprint density at radius 3 is 2.19 bits per heavy atom. The Balaban J connectivity index is 2.25. The van der Waals surface area contributed by atoms with Gasteiger partial charge in [0, 0.05) is 0 Å². The van der Waals surface area contributed by atoms with Gasteiger partial charge in [0.15, 0.2) is 0 Å². The molecule has 8 nitrogen and oxygen atoms in total. The molecular weight excluding hydrogens is 400 g/mol. The van der Waals surface area contributed by atoms with Crippen LogP contribution in [-0.4, -0.2) is 45.2 Å². The number of benzene rings is 2.